The van der Waals surface area contributed by atoms with Crippen LogP contribution in [0.15, 0.2) is 30.5 Å². The maximum absolute atomic E-state index is 14.1. The van der Waals surface area contributed by atoms with Gasteiger partial charge >= 0.3 is 0 Å². The van der Waals surface area contributed by atoms with E-state index in [9.17, 15) is 4.39 Å². The molecule has 0 unspecified atom stereocenters. The lowest BCUT2D eigenvalue weighted by Gasteiger charge is -2.09. The lowest BCUT2D eigenvalue weighted by molar-refractivity contribution is 0.417. The molecule has 0 spiro atoms. The zero-order chi connectivity index (χ0) is 12.7. The molecule has 0 saturated carbocycles. The monoisotopic (exact) mass is 242 g/mol. The van der Waals surface area contributed by atoms with E-state index < -0.39 is 0 Å². The summed E-state index contributed by atoms with van der Waals surface area (Å²) in [7, 11) is 1.52. The van der Waals surface area contributed by atoms with Gasteiger partial charge < -0.3 is 4.74 Å². The molecule has 1 aromatic carbocycles. The Morgan fingerprint density at radius 3 is 2.83 bits per heavy atom. The van der Waals surface area contributed by atoms with Gasteiger partial charge in [-0.2, -0.15) is 0 Å². The molecular formula is C14H11FN2O. The van der Waals surface area contributed by atoms with Gasteiger partial charge in [-0.25, -0.2) is 4.39 Å². The first-order valence-electron chi connectivity index (χ1n) is 5.59. The molecule has 3 rings (SSSR count). The van der Waals surface area contributed by atoms with Crippen molar-refractivity contribution in [2.24, 2.45) is 0 Å². The Morgan fingerprint density at radius 2 is 2.06 bits per heavy atom. The number of aryl methyl sites for hydroxylation is 1. The summed E-state index contributed by atoms with van der Waals surface area (Å²) < 4.78 is 19.4. The van der Waals surface area contributed by atoms with Crippen LogP contribution in [0.3, 0.4) is 0 Å². The summed E-state index contributed by atoms with van der Waals surface area (Å²) in [6.07, 6.45) is 1.68. The van der Waals surface area contributed by atoms with Crippen molar-refractivity contribution in [2.75, 3.05) is 7.11 Å². The summed E-state index contributed by atoms with van der Waals surface area (Å²) >= 11 is 0. The minimum absolute atomic E-state index is 0.338. The van der Waals surface area contributed by atoms with Gasteiger partial charge in [0.1, 0.15) is 17.1 Å². The number of fused-ring (bicyclic) bond motifs is 3. The van der Waals surface area contributed by atoms with Crippen LogP contribution in [0.25, 0.3) is 21.8 Å². The highest BCUT2D eigenvalue weighted by Gasteiger charge is 2.13. The first kappa shape index (κ1) is 10.9. The van der Waals surface area contributed by atoms with Crippen LogP contribution in [-0.2, 0) is 0 Å². The number of halogens is 1. The summed E-state index contributed by atoms with van der Waals surface area (Å²) in [5.74, 6) is 0.150. The van der Waals surface area contributed by atoms with Gasteiger partial charge in [0.2, 0.25) is 0 Å². The first-order chi connectivity index (χ1) is 8.70. The molecule has 2 aromatic heterocycles. The molecular weight excluding hydrogens is 231 g/mol. The number of nitrogens with zero attached hydrogens (tertiary/aromatic N) is 2. The van der Waals surface area contributed by atoms with E-state index in [0.717, 1.165) is 11.1 Å². The third kappa shape index (κ3) is 1.49. The molecule has 0 fully saturated rings. The van der Waals surface area contributed by atoms with Crippen molar-refractivity contribution in [3.05, 3.63) is 42.0 Å². The first-order valence-corrected chi connectivity index (χ1v) is 5.59. The van der Waals surface area contributed by atoms with Crippen LogP contribution in [-0.4, -0.2) is 17.1 Å². The number of hydrogen-bond donors (Lipinski definition) is 0. The summed E-state index contributed by atoms with van der Waals surface area (Å²) in [4.78, 5) is 8.67. The molecule has 3 aromatic rings. The predicted octanol–water partition coefficient (Wildman–Crippen LogP) is 3.24. The summed E-state index contributed by atoms with van der Waals surface area (Å²) in [5, 5.41) is 1.12. The lowest BCUT2D eigenvalue weighted by Crippen LogP contribution is -1.95. The Kier molecular flexibility index (Phi) is 2.37. The molecule has 0 atom stereocenters. The van der Waals surface area contributed by atoms with Gasteiger partial charge in [0.25, 0.3) is 0 Å². The van der Waals surface area contributed by atoms with E-state index in [0.29, 0.717) is 22.2 Å². The number of ether oxygens (including phenoxy) is 1. The van der Waals surface area contributed by atoms with Crippen LogP contribution in [0.5, 0.6) is 5.75 Å². The van der Waals surface area contributed by atoms with Gasteiger partial charge in [-0.05, 0) is 19.1 Å². The summed E-state index contributed by atoms with van der Waals surface area (Å²) in [6, 6.07) is 6.78. The third-order valence-corrected chi connectivity index (χ3v) is 2.92. The van der Waals surface area contributed by atoms with E-state index >= 15 is 0 Å². The fourth-order valence-corrected chi connectivity index (χ4v) is 2.15. The molecule has 0 radical (unpaired) electrons. The molecule has 90 valence electrons. The van der Waals surface area contributed by atoms with Gasteiger partial charge in [-0.3, -0.25) is 9.97 Å². The third-order valence-electron chi connectivity index (χ3n) is 2.92. The topological polar surface area (TPSA) is 35.0 Å². The number of hydrogen-bond acceptors (Lipinski definition) is 3. The van der Waals surface area contributed by atoms with Crippen LogP contribution in [0.2, 0.25) is 0 Å². The highest BCUT2D eigenvalue weighted by molar-refractivity contribution is 6.05. The van der Waals surface area contributed by atoms with Crippen LogP contribution >= 0.6 is 0 Å². The summed E-state index contributed by atoms with van der Waals surface area (Å²) in [6.45, 7) is 1.85. The van der Waals surface area contributed by atoms with Crippen molar-refractivity contribution < 1.29 is 9.13 Å². The van der Waals surface area contributed by atoms with Gasteiger partial charge in [0, 0.05) is 23.3 Å². The number of methoxy groups -OCH3 is 1. The molecule has 0 bridgehead atoms. The van der Waals surface area contributed by atoms with E-state index in [4.69, 9.17) is 4.74 Å². The highest BCUT2D eigenvalue weighted by Crippen LogP contribution is 2.32. The molecule has 0 aliphatic heterocycles. The van der Waals surface area contributed by atoms with Crippen LogP contribution in [0.4, 0.5) is 4.39 Å². The Morgan fingerprint density at radius 1 is 1.22 bits per heavy atom. The molecule has 0 aliphatic carbocycles. The summed E-state index contributed by atoms with van der Waals surface area (Å²) in [5.41, 5.74) is 2.01. The van der Waals surface area contributed by atoms with E-state index in [1.54, 1.807) is 18.3 Å². The number of benzene rings is 1. The number of aromatic nitrogens is 2. The van der Waals surface area contributed by atoms with E-state index in [1.165, 1.54) is 13.2 Å². The second kappa shape index (κ2) is 3.91. The minimum atomic E-state index is -0.338. The van der Waals surface area contributed by atoms with Gasteiger partial charge in [0.05, 0.1) is 18.0 Å². The maximum atomic E-state index is 14.1. The SMILES string of the molecule is COc1cc(C)nc2c1c(F)cc1cccnc12. The minimum Gasteiger partial charge on any atom is -0.496 e. The standard InChI is InChI=1S/C14H11FN2O/c1-8-6-11(18-2)12-10(15)7-9-4-3-5-16-13(9)14(12)17-8/h3-7H,1-2H3. The van der Waals surface area contributed by atoms with Crippen molar-refractivity contribution in [3.8, 4) is 5.75 Å². The second-order valence-corrected chi connectivity index (χ2v) is 4.12. The molecule has 0 amide bonds. The zero-order valence-corrected chi connectivity index (χ0v) is 10.1. The van der Waals surface area contributed by atoms with Crippen LogP contribution < -0.4 is 4.74 Å². The van der Waals surface area contributed by atoms with Gasteiger partial charge in [-0.1, -0.05) is 6.07 Å². The average molecular weight is 242 g/mol. The molecule has 2 heterocycles. The lowest BCUT2D eigenvalue weighted by atomic mass is 10.1. The fraction of sp³-hybridized carbons (Fsp3) is 0.143. The Bertz CT molecular complexity index is 755. The van der Waals surface area contributed by atoms with Gasteiger partial charge in [-0.15, -0.1) is 0 Å². The zero-order valence-electron chi connectivity index (χ0n) is 10.1. The molecule has 3 nitrogen and oxygen atoms in total. The highest BCUT2D eigenvalue weighted by atomic mass is 19.1. The largest absolute Gasteiger partial charge is 0.496 e. The number of pyridine rings is 2. The van der Waals surface area contributed by atoms with E-state index in [1.807, 2.05) is 13.0 Å². The Labute approximate surface area is 103 Å². The normalized spacial score (nSPS) is 11.1. The van der Waals surface area contributed by atoms with Crippen LogP contribution in [0, 0.1) is 12.7 Å². The fourth-order valence-electron chi connectivity index (χ4n) is 2.15. The van der Waals surface area contributed by atoms with Crippen molar-refractivity contribution in [1.29, 1.82) is 0 Å². The van der Waals surface area contributed by atoms with Crippen LogP contribution in [0.1, 0.15) is 5.69 Å². The molecule has 4 heteroatoms. The van der Waals surface area contributed by atoms with E-state index in [2.05, 4.69) is 9.97 Å². The van der Waals surface area contributed by atoms with Gasteiger partial charge in [0.15, 0.2) is 0 Å². The average Bonchev–Trinajstić information content (AvgIpc) is 2.37. The quantitative estimate of drug-likeness (QED) is 0.614. The molecule has 0 saturated heterocycles. The van der Waals surface area contributed by atoms with E-state index in [-0.39, 0.29) is 5.82 Å². The molecule has 0 N–H and O–H groups in total. The Hall–Kier alpha value is -2.23. The smallest absolute Gasteiger partial charge is 0.137 e. The molecule has 18 heavy (non-hydrogen) atoms. The second-order valence-electron chi connectivity index (χ2n) is 4.12. The van der Waals surface area contributed by atoms with Crippen molar-refractivity contribution >= 4 is 21.8 Å². The van der Waals surface area contributed by atoms with Crippen molar-refractivity contribution in [2.45, 2.75) is 6.92 Å². The number of rotatable bonds is 1. The molecule has 0 aliphatic rings. The predicted molar refractivity (Wildman–Crippen MR) is 68.3 cm³/mol. The van der Waals surface area contributed by atoms with Crippen molar-refractivity contribution in [1.82, 2.24) is 9.97 Å². The Balaban J connectivity index is 2.60. The van der Waals surface area contributed by atoms with Crippen molar-refractivity contribution in [3.63, 3.8) is 0 Å². The maximum Gasteiger partial charge on any atom is 0.137 e.